The van der Waals surface area contributed by atoms with Gasteiger partial charge in [-0.1, -0.05) is 91.5 Å². The molecular formula is C38H42ClN3O6S. The normalized spacial score (nSPS) is 14.0. The van der Waals surface area contributed by atoms with Gasteiger partial charge in [0.1, 0.15) is 24.1 Å². The Morgan fingerprint density at radius 2 is 1.51 bits per heavy atom. The third kappa shape index (κ3) is 9.13. The van der Waals surface area contributed by atoms with Crippen molar-refractivity contribution < 1.29 is 27.5 Å². The van der Waals surface area contributed by atoms with Gasteiger partial charge in [0, 0.05) is 30.1 Å². The van der Waals surface area contributed by atoms with Crippen LogP contribution in [0.1, 0.15) is 43.2 Å². The standard InChI is InChI=1S/C38H42ClN3O6S/c1-47-32-21-22-36(48-2)34(25-32)42(49(45,46)33-19-10-5-11-20-33)27-37(43)41(26-29-15-12-16-30(39)23-29)35(24-28-13-6-3-7-14-28)38(44)40-31-17-8-4-9-18-31/h3,5-7,10-16,19-23,25,31,35H,4,8-9,17-18,24,26-27H2,1-2H3,(H,40,44)/t35-/m1/s1. The Bertz CT molecular complexity index is 1820. The third-order valence-electron chi connectivity index (χ3n) is 8.73. The van der Waals surface area contributed by atoms with E-state index in [0.29, 0.717) is 16.3 Å². The first-order valence-electron chi connectivity index (χ1n) is 16.4. The molecule has 1 atom stereocenters. The van der Waals surface area contributed by atoms with E-state index >= 15 is 0 Å². The first kappa shape index (κ1) is 35.8. The van der Waals surface area contributed by atoms with Crippen LogP contribution >= 0.6 is 11.6 Å². The lowest BCUT2D eigenvalue weighted by Gasteiger charge is -2.35. The molecule has 0 saturated heterocycles. The average Bonchev–Trinajstić information content (AvgIpc) is 3.12. The predicted molar refractivity (Wildman–Crippen MR) is 191 cm³/mol. The monoisotopic (exact) mass is 703 g/mol. The van der Waals surface area contributed by atoms with E-state index in [-0.39, 0.29) is 41.2 Å². The molecule has 0 unspecified atom stereocenters. The third-order valence-corrected chi connectivity index (χ3v) is 10.7. The highest BCUT2D eigenvalue weighted by Gasteiger charge is 2.36. The Balaban J connectivity index is 1.61. The number of benzene rings is 4. The summed E-state index contributed by atoms with van der Waals surface area (Å²) in [6.45, 7) is -0.604. The van der Waals surface area contributed by atoms with Crippen molar-refractivity contribution in [3.63, 3.8) is 0 Å². The number of anilines is 1. The molecule has 258 valence electrons. The Kier molecular flexibility index (Phi) is 12.2. The lowest BCUT2D eigenvalue weighted by Crippen LogP contribution is -2.55. The quantitative estimate of drug-likeness (QED) is 0.158. The molecule has 9 nitrogen and oxygen atoms in total. The molecule has 0 spiro atoms. The minimum Gasteiger partial charge on any atom is -0.497 e. The number of carbonyl (C=O) groups excluding carboxylic acids is 2. The summed E-state index contributed by atoms with van der Waals surface area (Å²) in [5, 5.41) is 3.70. The molecule has 1 fully saturated rings. The van der Waals surface area contributed by atoms with E-state index < -0.39 is 28.5 Å². The second-order valence-electron chi connectivity index (χ2n) is 12.1. The number of sulfonamides is 1. The lowest BCUT2D eigenvalue weighted by atomic mass is 9.94. The number of rotatable bonds is 14. The number of hydrogen-bond donors (Lipinski definition) is 1. The van der Waals surface area contributed by atoms with Crippen molar-refractivity contribution in [3.05, 3.63) is 119 Å². The molecule has 11 heteroatoms. The predicted octanol–water partition coefficient (Wildman–Crippen LogP) is 6.64. The van der Waals surface area contributed by atoms with Gasteiger partial charge in [0.25, 0.3) is 10.0 Å². The number of hydrogen-bond acceptors (Lipinski definition) is 6. The average molecular weight is 704 g/mol. The van der Waals surface area contributed by atoms with Crippen LogP contribution in [0.25, 0.3) is 0 Å². The number of carbonyl (C=O) groups is 2. The number of halogens is 1. The van der Waals surface area contributed by atoms with Gasteiger partial charge < -0.3 is 19.7 Å². The number of amides is 2. The minimum absolute atomic E-state index is 0.00125. The molecule has 1 saturated carbocycles. The second kappa shape index (κ2) is 16.7. The molecule has 1 N–H and O–H groups in total. The largest absolute Gasteiger partial charge is 0.497 e. The van der Waals surface area contributed by atoms with Crippen LogP contribution in [0.15, 0.2) is 108 Å². The van der Waals surface area contributed by atoms with E-state index in [1.165, 1.54) is 37.3 Å². The Labute approximate surface area is 293 Å². The highest BCUT2D eigenvalue weighted by molar-refractivity contribution is 7.92. The minimum atomic E-state index is -4.32. The fraction of sp³-hybridized carbons (Fsp3) is 0.316. The summed E-state index contributed by atoms with van der Waals surface area (Å²) in [6, 6.07) is 28.3. The Morgan fingerprint density at radius 1 is 0.837 bits per heavy atom. The highest BCUT2D eigenvalue weighted by atomic mass is 35.5. The van der Waals surface area contributed by atoms with Gasteiger partial charge in [-0.25, -0.2) is 8.42 Å². The molecule has 0 aliphatic heterocycles. The summed E-state index contributed by atoms with van der Waals surface area (Å²) in [7, 11) is -1.42. The first-order valence-corrected chi connectivity index (χ1v) is 18.2. The zero-order valence-corrected chi connectivity index (χ0v) is 29.3. The van der Waals surface area contributed by atoms with E-state index in [9.17, 15) is 18.0 Å². The fourth-order valence-corrected chi connectivity index (χ4v) is 7.81. The van der Waals surface area contributed by atoms with E-state index in [4.69, 9.17) is 21.1 Å². The summed E-state index contributed by atoms with van der Waals surface area (Å²) < 4.78 is 40.8. The van der Waals surface area contributed by atoms with E-state index in [2.05, 4.69) is 5.32 Å². The highest BCUT2D eigenvalue weighted by Crippen LogP contribution is 2.36. The van der Waals surface area contributed by atoms with Gasteiger partial charge in [-0.2, -0.15) is 0 Å². The number of ether oxygens (including phenoxy) is 2. The molecule has 2 amide bonds. The molecule has 0 radical (unpaired) electrons. The van der Waals surface area contributed by atoms with E-state index in [1.54, 1.807) is 48.5 Å². The summed E-state index contributed by atoms with van der Waals surface area (Å²) in [5.74, 6) is -0.266. The van der Waals surface area contributed by atoms with Crippen LogP contribution in [-0.2, 0) is 32.6 Å². The maximum atomic E-state index is 14.8. The van der Waals surface area contributed by atoms with Crippen molar-refractivity contribution in [2.75, 3.05) is 25.1 Å². The van der Waals surface area contributed by atoms with E-state index in [1.807, 2.05) is 36.4 Å². The van der Waals surface area contributed by atoms with Gasteiger partial charge in [-0.15, -0.1) is 0 Å². The van der Waals surface area contributed by atoms with Gasteiger partial charge in [-0.3, -0.25) is 13.9 Å². The van der Waals surface area contributed by atoms with Crippen molar-refractivity contribution in [3.8, 4) is 11.5 Å². The number of methoxy groups -OCH3 is 2. The molecular weight excluding hydrogens is 662 g/mol. The summed E-state index contributed by atoms with van der Waals surface area (Å²) in [5.41, 5.74) is 1.67. The van der Waals surface area contributed by atoms with Crippen molar-refractivity contribution in [1.29, 1.82) is 0 Å². The van der Waals surface area contributed by atoms with Gasteiger partial charge in [-0.05, 0) is 60.4 Å². The van der Waals surface area contributed by atoms with Crippen LogP contribution in [0.4, 0.5) is 5.69 Å². The van der Waals surface area contributed by atoms with Gasteiger partial charge >= 0.3 is 0 Å². The van der Waals surface area contributed by atoms with E-state index in [0.717, 1.165) is 42.0 Å². The fourth-order valence-electron chi connectivity index (χ4n) is 6.15. The number of nitrogens with zero attached hydrogens (tertiary/aromatic N) is 2. The smallest absolute Gasteiger partial charge is 0.264 e. The molecule has 49 heavy (non-hydrogen) atoms. The molecule has 4 aromatic carbocycles. The van der Waals surface area contributed by atoms with Crippen molar-refractivity contribution >= 4 is 39.1 Å². The molecule has 0 aromatic heterocycles. The van der Waals surface area contributed by atoms with Gasteiger partial charge in [0.15, 0.2) is 0 Å². The number of nitrogens with one attached hydrogen (secondary N) is 1. The Morgan fingerprint density at radius 3 is 2.16 bits per heavy atom. The van der Waals surface area contributed by atoms with Crippen molar-refractivity contribution in [2.24, 2.45) is 0 Å². The first-order chi connectivity index (χ1) is 23.7. The summed E-state index contributed by atoms with van der Waals surface area (Å²) >= 11 is 6.37. The molecule has 0 heterocycles. The maximum absolute atomic E-state index is 14.8. The molecule has 4 aromatic rings. The molecule has 1 aliphatic carbocycles. The second-order valence-corrected chi connectivity index (χ2v) is 14.4. The SMILES string of the molecule is COc1ccc(OC)c(N(CC(=O)N(Cc2cccc(Cl)c2)[C@H](Cc2ccccc2)C(=O)NC2CCCCC2)S(=O)(=O)c2ccccc2)c1. The Hall–Kier alpha value is -4.54. The van der Waals surface area contributed by atoms with Crippen molar-refractivity contribution in [2.45, 2.75) is 62.0 Å². The zero-order chi connectivity index (χ0) is 34.8. The van der Waals surface area contributed by atoms with Crippen LogP contribution < -0.4 is 19.1 Å². The molecule has 0 bridgehead atoms. The lowest BCUT2D eigenvalue weighted by molar-refractivity contribution is -0.140. The maximum Gasteiger partial charge on any atom is 0.264 e. The van der Waals surface area contributed by atoms with Crippen LogP contribution in [0.2, 0.25) is 5.02 Å². The zero-order valence-electron chi connectivity index (χ0n) is 27.8. The molecule has 1 aliphatic rings. The topological polar surface area (TPSA) is 105 Å². The van der Waals surface area contributed by atoms with Gasteiger partial charge in [0.2, 0.25) is 11.8 Å². The van der Waals surface area contributed by atoms with Crippen LogP contribution in [0, 0.1) is 0 Å². The summed E-state index contributed by atoms with van der Waals surface area (Å²) in [4.78, 5) is 30.5. The van der Waals surface area contributed by atoms with Crippen LogP contribution in [0.3, 0.4) is 0 Å². The molecule has 5 rings (SSSR count). The van der Waals surface area contributed by atoms with Crippen LogP contribution in [-0.4, -0.2) is 58.0 Å². The van der Waals surface area contributed by atoms with Crippen molar-refractivity contribution in [1.82, 2.24) is 10.2 Å². The summed E-state index contributed by atoms with van der Waals surface area (Å²) in [6.07, 6.45) is 5.12. The van der Waals surface area contributed by atoms with Crippen LogP contribution in [0.5, 0.6) is 11.5 Å². The van der Waals surface area contributed by atoms with Gasteiger partial charge in [0.05, 0.1) is 24.8 Å².